The molecule has 2 nitrogen and oxygen atoms in total. The lowest BCUT2D eigenvalue weighted by Crippen LogP contribution is -2.24. The predicted molar refractivity (Wildman–Crippen MR) is 79.7 cm³/mol. The van der Waals surface area contributed by atoms with E-state index < -0.39 is 6.10 Å². The van der Waals surface area contributed by atoms with Crippen LogP contribution in [0, 0.1) is 6.92 Å². The highest BCUT2D eigenvalue weighted by Gasteiger charge is 2.17. The lowest BCUT2D eigenvalue weighted by molar-refractivity contribution is 0.0817. The van der Waals surface area contributed by atoms with Gasteiger partial charge in [-0.3, -0.25) is 4.79 Å². The Morgan fingerprint density at radius 1 is 1.11 bits per heavy atom. The molecule has 98 valence electrons. The molecule has 0 fully saturated rings. The summed E-state index contributed by atoms with van der Waals surface area (Å²) in [4.78, 5) is 12.2. The van der Waals surface area contributed by atoms with Gasteiger partial charge < -0.3 is 4.74 Å². The molecule has 2 aromatic carbocycles. The van der Waals surface area contributed by atoms with Crippen LogP contribution in [0.5, 0.6) is 5.75 Å². The fraction of sp³-hybridized carbons (Fsp3) is 0.188. The third kappa shape index (κ3) is 3.44. The van der Waals surface area contributed by atoms with Crippen LogP contribution in [0.2, 0.25) is 0 Å². The molecule has 1 atom stereocenters. The highest BCUT2D eigenvalue weighted by Crippen LogP contribution is 2.25. The highest BCUT2D eigenvalue weighted by molar-refractivity contribution is 9.10. The van der Waals surface area contributed by atoms with Crippen molar-refractivity contribution in [2.75, 3.05) is 0 Å². The maximum atomic E-state index is 12.2. The molecule has 0 amide bonds. The van der Waals surface area contributed by atoms with Gasteiger partial charge in [0.1, 0.15) is 5.75 Å². The zero-order valence-electron chi connectivity index (χ0n) is 10.9. The molecule has 0 bridgehead atoms. The molecule has 0 aromatic heterocycles. The second-order valence-electron chi connectivity index (χ2n) is 4.42. The van der Waals surface area contributed by atoms with E-state index in [0.29, 0.717) is 11.3 Å². The SMILES string of the molecule is Cc1ccc(C(=O)C(C)Oc2ccccc2Br)cc1. The maximum absolute atomic E-state index is 12.2. The molecule has 2 aromatic rings. The van der Waals surface area contributed by atoms with Gasteiger partial charge in [-0.15, -0.1) is 0 Å². The smallest absolute Gasteiger partial charge is 0.202 e. The second kappa shape index (κ2) is 6.02. The van der Waals surface area contributed by atoms with Gasteiger partial charge in [-0.1, -0.05) is 42.0 Å². The molecule has 0 aliphatic carbocycles. The van der Waals surface area contributed by atoms with Crippen molar-refractivity contribution in [3.05, 3.63) is 64.1 Å². The van der Waals surface area contributed by atoms with E-state index in [0.717, 1.165) is 10.0 Å². The van der Waals surface area contributed by atoms with Gasteiger partial charge in [0.25, 0.3) is 0 Å². The van der Waals surface area contributed by atoms with Crippen LogP contribution in [0.15, 0.2) is 53.0 Å². The zero-order chi connectivity index (χ0) is 13.8. The van der Waals surface area contributed by atoms with E-state index in [-0.39, 0.29) is 5.78 Å². The van der Waals surface area contributed by atoms with Crippen LogP contribution < -0.4 is 4.74 Å². The minimum Gasteiger partial charge on any atom is -0.481 e. The summed E-state index contributed by atoms with van der Waals surface area (Å²) in [5, 5.41) is 0. The number of benzene rings is 2. The van der Waals surface area contributed by atoms with Crippen molar-refractivity contribution in [1.29, 1.82) is 0 Å². The number of halogens is 1. The average Bonchev–Trinajstić information content (AvgIpc) is 2.41. The molecule has 19 heavy (non-hydrogen) atoms. The summed E-state index contributed by atoms with van der Waals surface area (Å²) in [5.74, 6) is 0.659. The number of Topliss-reactive ketones (excluding diaryl/α,β-unsaturated/α-hetero) is 1. The number of hydrogen-bond donors (Lipinski definition) is 0. The summed E-state index contributed by atoms with van der Waals surface area (Å²) in [6.45, 7) is 3.76. The summed E-state index contributed by atoms with van der Waals surface area (Å²) in [5.41, 5.74) is 1.81. The summed E-state index contributed by atoms with van der Waals surface area (Å²) >= 11 is 3.40. The Morgan fingerprint density at radius 3 is 2.37 bits per heavy atom. The van der Waals surface area contributed by atoms with Gasteiger partial charge in [-0.2, -0.15) is 0 Å². The molecule has 0 heterocycles. The largest absolute Gasteiger partial charge is 0.481 e. The topological polar surface area (TPSA) is 26.3 Å². The van der Waals surface area contributed by atoms with E-state index in [1.54, 1.807) is 6.92 Å². The molecule has 0 aliphatic rings. The molecule has 1 unspecified atom stereocenters. The zero-order valence-corrected chi connectivity index (χ0v) is 12.5. The summed E-state index contributed by atoms with van der Waals surface area (Å²) in [6.07, 6.45) is -0.513. The van der Waals surface area contributed by atoms with Gasteiger partial charge >= 0.3 is 0 Å². The van der Waals surface area contributed by atoms with Crippen molar-refractivity contribution in [1.82, 2.24) is 0 Å². The van der Waals surface area contributed by atoms with Crippen LogP contribution in [0.25, 0.3) is 0 Å². The lowest BCUT2D eigenvalue weighted by atomic mass is 10.1. The molecule has 3 heteroatoms. The Bertz CT molecular complexity index is 576. The van der Waals surface area contributed by atoms with Crippen LogP contribution in [-0.2, 0) is 0 Å². The molecule has 0 saturated heterocycles. The minimum atomic E-state index is -0.513. The van der Waals surface area contributed by atoms with E-state index in [4.69, 9.17) is 4.74 Å². The van der Waals surface area contributed by atoms with Gasteiger partial charge in [0.2, 0.25) is 5.78 Å². The van der Waals surface area contributed by atoms with Crippen molar-refractivity contribution >= 4 is 21.7 Å². The average molecular weight is 319 g/mol. The number of rotatable bonds is 4. The first kappa shape index (κ1) is 13.8. The van der Waals surface area contributed by atoms with E-state index >= 15 is 0 Å². The van der Waals surface area contributed by atoms with E-state index in [1.165, 1.54) is 0 Å². The fourth-order valence-electron chi connectivity index (χ4n) is 1.74. The number of carbonyl (C=O) groups excluding carboxylic acids is 1. The number of ketones is 1. The first-order valence-electron chi connectivity index (χ1n) is 6.10. The van der Waals surface area contributed by atoms with Crippen molar-refractivity contribution in [3.8, 4) is 5.75 Å². The standard InChI is InChI=1S/C16H15BrO2/c1-11-7-9-13(10-8-11)16(18)12(2)19-15-6-4-3-5-14(15)17/h3-10,12H,1-2H3. The third-order valence-corrected chi connectivity index (χ3v) is 3.50. The Hall–Kier alpha value is -1.61. The quantitative estimate of drug-likeness (QED) is 0.781. The first-order valence-corrected chi connectivity index (χ1v) is 6.89. The Morgan fingerprint density at radius 2 is 1.74 bits per heavy atom. The molecule has 0 radical (unpaired) electrons. The van der Waals surface area contributed by atoms with Crippen LogP contribution in [0.4, 0.5) is 0 Å². The molecular weight excluding hydrogens is 304 g/mol. The van der Waals surface area contributed by atoms with E-state index in [9.17, 15) is 4.79 Å². The molecule has 0 spiro atoms. The fourth-order valence-corrected chi connectivity index (χ4v) is 2.12. The van der Waals surface area contributed by atoms with Crippen LogP contribution >= 0.6 is 15.9 Å². The van der Waals surface area contributed by atoms with Gasteiger partial charge in [-0.05, 0) is 41.9 Å². The highest BCUT2D eigenvalue weighted by atomic mass is 79.9. The number of aryl methyl sites for hydroxylation is 1. The number of carbonyl (C=O) groups is 1. The van der Waals surface area contributed by atoms with Crippen LogP contribution in [-0.4, -0.2) is 11.9 Å². The van der Waals surface area contributed by atoms with Crippen molar-refractivity contribution in [2.45, 2.75) is 20.0 Å². The monoisotopic (exact) mass is 318 g/mol. The summed E-state index contributed by atoms with van der Waals surface area (Å²) < 4.78 is 6.54. The van der Waals surface area contributed by atoms with Gasteiger partial charge in [-0.25, -0.2) is 0 Å². The van der Waals surface area contributed by atoms with E-state index in [1.807, 2.05) is 55.5 Å². The Kier molecular flexibility index (Phi) is 4.38. The second-order valence-corrected chi connectivity index (χ2v) is 5.28. The predicted octanol–water partition coefficient (Wildman–Crippen LogP) is 4.41. The Labute approximate surface area is 121 Å². The van der Waals surface area contributed by atoms with Gasteiger partial charge in [0.05, 0.1) is 4.47 Å². The first-order chi connectivity index (χ1) is 9.08. The summed E-state index contributed by atoms with van der Waals surface area (Å²) in [6, 6.07) is 15.0. The van der Waals surface area contributed by atoms with Crippen molar-refractivity contribution in [2.24, 2.45) is 0 Å². The minimum absolute atomic E-state index is 0.0178. The molecule has 0 N–H and O–H groups in total. The molecule has 0 aliphatic heterocycles. The van der Waals surface area contributed by atoms with Crippen LogP contribution in [0.3, 0.4) is 0 Å². The maximum Gasteiger partial charge on any atom is 0.202 e. The van der Waals surface area contributed by atoms with Crippen molar-refractivity contribution in [3.63, 3.8) is 0 Å². The number of ether oxygens (including phenoxy) is 1. The third-order valence-electron chi connectivity index (χ3n) is 2.85. The van der Waals surface area contributed by atoms with Crippen molar-refractivity contribution < 1.29 is 9.53 Å². The lowest BCUT2D eigenvalue weighted by Gasteiger charge is -2.14. The molecule has 2 rings (SSSR count). The molecular formula is C16H15BrO2. The van der Waals surface area contributed by atoms with E-state index in [2.05, 4.69) is 15.9 Å². The Balaban J connectivity index is 2.12. The molecule has 0 saturated carbocycles. The summed E-state index contributed by atoms with van der Waals surface area (Å²) in [7, 11) is 0. The normalized spacial score (nSPS) is 11.9. The van der Waals surface area contributed by atoms with Gasteiger partial charge in [0, 0.05) is 5.56 Å². The van der Waals surface area contributed by atoms with Crippen LogP contribution in [0.1, 0.15) is 22.8 Å². The van der Waals surface area contributed by atoms with Gasteiger partial charge in [0.15, 0.2) is 6.10 Å². The number of para-hydroxylation sites is 1. The number of hydrogen-bond acceptors (Lipinski definition) is 2.